The fourth-order valence-electron chi connectivity index (χ4n) is 2.26. The lowest BCUT2D eigenvalue weighted by atomic mass is 10.0. The van der Waals surface area contributed by atoms with Crippen LogP contribution in [0.5, 0.6) is 0 Å². The lowest BCUT2D eigenvalue weighted by Crippen LogP contribution is -2.45. The number of amides is 1. The van der Waals surface area contributed by atoms with Crippen molar-refractivity contribution in [2.45, 2.75) is 37.8 Å². The lowest BCUT2D eigenvalue weighted by Gasteiger charge is -2.17. The number of carboxylic acids is 1. The maximum Gasteiger partial charge on any atom is 0.326 e. The molecule has 2 atom stereocenters. The van der Waals surface area contributed by atoms with Gasteiger partial charge in [0.2, 0.25) is 5.91 Å². The van der Waals surface area contributed by atoms with Crippen molar-refractivity contribution in [3.05, 3.63) is 35.9 Å². The summed E-state index contributed by atoms with van der Waals surface area (Å²) >= 11 is 0. The molecule has 0 bridgehead atoms. The zero-order chi connectivity index (χ0) is 14.4. The predicted octanol–water partition coefficient (Wildman–Crippen LogP) is 1.37. The van der Waals surface area contributed by atoms with Crippen LogP contribution in [0.4, 0.5) is 0 Å². The largest absolute Gasteiger partial charge is 0.480 e. The molecule has 0 aromatic heterocycles. The van der Waals surface area contributed by atoms with Crippen molar-refractivity contribution in [3.8, 4) is 0 Å². The molecule has 0 unspecified atom stereocenters. The van der Waals surface area contributed by atoms with E-state index < -0.39 is 18.1 Å². The number of ether oxygens (including phenoxy) is 1. The van der Waals surface area contributed by atoms with Crippen molar-refractivity contribution in [2.75, 3.05) is 6.61 Å². The summed E-state index contributed by atoms with van der Waals surface area (Å²) in [6.07, 6.45) is 2.01. The van der Waals surface area contributed by atoms with Crippen molar-refractivity contribution in [1.29, 1.82) is 0 Å². The quantitative estimate of drug-likeness (QED) is 0.823. The highest BCUT2D eigenvalue weighted by Crippen LogP contribution is 2.13. The molecule has 1 amide bonds. The Morgan fingerprint density at radius 1 is 1.35 bits per heavy atom. The highest BCUT2D eigenvalue weighted by Gasteiger charge is 2.27. The van der Waals surface area contributed by atoms with E-state index in [4.69, 9.17) is 4.74 Å². The number of carboxylic acid groups (broad SMARTS) is 1. The summed E-state index contributed by atoms with van der Waals surface area (Å²) < 4.78 is 5.25. The Labute approximate surface area is 117 Å². The minimum Gasteiger partial charge on any atom is -0.480 e. The van der Waals surface area contributed by atoms with Gasteiger partial charge in [-0.15, -0.1) is 0 Å². The summed E-state index contributed by atoms with van der Waals surface area (Å²) in [4.78, 5) is 23.1. The number of aliphatic carboxylic acids is 1. The highest BCUT2D eigenvalue weighted by atomic mass is 16.5. The van der Waals surface area contributed by atoms with Crippen LogP contribution in [-0.4, -0.2) is 35.7 Å². The molecule has 1 aliphatic heterocycles. The number of aryl methyl sites for hydroxylation is 1. The Morgan fingerprint density at radius 3 is 2.70 bits per heavy atom. The van der Waals surface area contributed by atoms with Gasteiger partial charge in [-0.05, 0) is 31.2 Å². The maximum atomic E-state index is 11.9. The molecule has 2 N–H and O–H groups in total. The average Bonchev–Trinajstić information content (AvgIpc) is 2.98. The summed E-state index contributed by atoms with van der Waals surface area (Å²) in [6.45, 7) is 0.569. The molecule has 1 aromatic carbocycles. The van der Waals surface area contributed by atoms with Gasteiger partial charge < -0.3 is 15.2 Å². The fraction of sp³-hybridized carbons (Fsp3) is 0.467. The number of rotatable bonds is 6. The van der Waals surface area contributed by atoms with Crippen molar-refractivity contribution in [1.82, 2.24) is 5.32 Å². The van der Waals surface area contributed by atoms with E-state index in [-0.39, 0.29) is 5.91 Å². The first-order chi connectivity index (χ1) is 9.66. The van der Waals surface area contributed by atoms with Crippen molar-refractivity contribution in [2.24, 2.45) is 0 Å². The lowest BCUT2D eigenvalue weighted by molar-refractivity contribution is -0.143. The van der Waals surface area contributed by atoms with Gasteiger partial charge in [0.15, 0.2) is 0 Å². The number of carbonyl (C=O) groups excluding carboxylic acids is 1. The topological polar surface area (TPSA) is 75.6 Å². The fourth-order valence-corrected chi connectivity index (χ4v) is 2.26. The molecule has 1 aromatic rings. The van der Waals surface area contributed by atoms with Crippen LogP contribution in [0.1, 0.15) is 24.8 Å². The Balaban J connectivity index is 1.87. The van der Waals surface area contributed by atoms with E-state index in [0.29, 0.717) is 25.9 Å². The molecule has 0 saturated carbocycles. The Hall–Kier alpha value is -1.88. The first-order valence-electron chi connectivity index (χ1n) is 6.85. The normalized spacial score (nSPS) is 19.5. The number of hydrogen-bond acceptors (Lipinski definition) is 3. The van der Waals surface area contributed by atoms with E-state index in [1.54, 1.807) is 0 Å². The molecule has 1 aliphatic rings. The molecule has 2 rings (SSSR count). The first-order valence-corrected chi connectivity index (χ1v) is 6.85. The van der Waals surface area contributed by atoms with Crippen LogP contribution in [0.2, 0.25) is 0 Å². The summed E-state index contributed by atoms with van der Waals surface area (Å²) in [5.74, 6) is -1.32. The summed E-state index contributed by atoms with van der Waals surface area (Å²) in [5, 5.41) is 11.8. The van der Waals surface area contributed by atoms with Crippen LogP contribution in [0.25, 0.3) is 0 Å². The second-order valence-corrected chi connectivity index (χ2v) is 4.93. The number of benzene rings is 1. The van der Waals surface area contributed by atoms with E-state index in [0.717, 1.165) is 12.0 Å². The van der Waals surface area contributed by atoms with Crippen LogP contribution in [0.15, 0.2) is 30.3 Å². The molecule has 1 saturated heterocycles. The average molecular weight is 277 g/mol. The maximum absolute atomic E-state index is 11.9. The molecule has 0 spiro atoms. The minimum atomic E-state index is -1.01. The van der Waals surface area contributed by atoms with Gasteiger partial charge in [-0.2, -0.15) is 0 Å². The molecular formula is C15H19NO4. The van der Waals surface area contributed by atoms with Gasteiger partial charge in [0.1, 0.15) is 12.1 Å². The molecule has 5 nitrogen and oxygen atoms in total. The Morgan fingerprint density at radius 2 is 2.10 bits per heavy atom. The second kappa shape index (κ2) is 7.05. The van der Waals surface area contributed by atoms with Crippen LogP contribution < -0.4 is 5.32 Å². The Bertz CT molecular complexity index is 454. The molecule has 1 heterocycles. The van der Waals surface area contributed by atoms with E-state index in [1.165, 1.54) is 0 Å². The molecular weight excluding hydrogens is 258 g/mol. The van der Waals surface area contributed by atoms with Crippen LogP contribution in [0, 0.1) is 0 Å². The zero-order valence-electron chi connectivity index (χ0n) is 11.2. The molecule has 0 radical (unpaired) electrons. The number of hydrogen-bond donors (Lipinski definition) is 2. The highest BCUT2D eigenvalue weighted by molar-refractivity contribution is 5.86. The third-order valence-corrected chi connectivity index (χ3v) is 3.40. The summed E-state index contributed by atoms with van der Waals surface area (Å²) in [5.41, 5.74) is 1.06. The first kappa shape index (κ1) is 14.5. The predicted molar refractivity (Wildman–Crippen MR) is 73.3 cm³/mol. The molecule has 0 aliphatic carbocycles. The van der Waals surface area contributed by atoms with Gasteiger partial charge in [-0.3, -0.25) is 4.79 Å². The van der Waals surface area contributed by atoms with E-state index >= 15 is 0 Å². The van der Waals surface area contributed by atoms with E-state index in [1.807, 2.05) is 30.3 Å². The Kier molecular flexibility index (Phi) is 5.12. The SMILES string of the molecule is O=C(O)[C@H](CCc1ccccc1)NC(=O)[C@@H]1CCCO1. The monoisotopic (exact) mass is 277 g/mol. The summed E-state index contributed by atoms with van der Waals surface area (Å²) in [6, 6.07) is 8.76. The summed E-state index contributed by atoms with van der Waals surface area (Å²) in [7, 11) is 0. The van der Waals surface area contributed by atoms with Crippen LogP contribution in [0.3, 0.4) is 0 Å². The van der Waals surface area contributed by atoms with Gasteiger partial charge in [0.25, 0.3) is 0 Å². The van der Waals surface area contributed by atoms with Gasteiger partial charge in [0.05, 0.1) is 0 Å². The minimum absolute atomic E-state index is 0.317. The molecule has 1 fully saturated rings. The van der Waals surface area contributed by atoms with E-state index in [2.05, 4.69) is 5.32 Å². The number of nitrogens with one attached hydrogen (secondary N) is 1. The third kappa shape index (κ3) is 4.06. The number of carbonyl (C=O) groups is 2. The third-order valence-electron chi connectivity index (χ3n) is 3.40. The second-order valence-electron chi connectivity index (χ2n) is 4.93. The van der Waals surface area contributed by atoms with Crippen molar-refractivity contribution < 1.29 is 19.4 Å². The molecule has 5 heteroatoms. The standard InChI is InChI=1S/C15H19NO4/c17-14(13-7-4-10-20-13)16-12(15(18)19)9-8-11-5-2-1-3-6-11/h1-3,5-6,12-13H,4,7-10H2,(H,16,17)(H,18,19)/t12-,13-/m0/s1. The van der Waals surface area contributed by atoms with Crippen molar-refractivity contribution >= 4 is 11.9 Å². The molecule has 20 heavy (non-hydrogen) atoms. The van der Waals surface area contributed by atoms with E-state index in [9.17, 15) is 14.7 Å². The smallest absolute Gasteiger partial charge is 0.326 e. The van der Waals surface area contributed by atoms with Gasteiger partial charge in [0, 0.05) is 6.61 Å². The van der Waals surface area contributed by atoms with Crippen molar-refractivity contribution in [3.63, 3.8) is 0 Å². The molecule has 108 valence electrons. The van der Waals surface area contributed by atoms with Crippen LogP contribution in [-0.2, 0) is 20.7 Å². The van der Waals surface area contributed by atoms with Gasteiger partial charge >= 0.3 is 5.97 Å². The van der Waals surface area contributed by atoms with Gasteiger partial charge in [-0.25, -0.2) is 4.79 Å². The zero-order valence-corrected chi connectivity index (χ0v) is 11.2. The van der Waals surface area contributed by atoms with Crippen LogP contribution >= 0.6 is 0 Å². The van der Waals surface area contributed by atoms with Gasteiger partial charge in [-0.1, -0.05) is 30.3 Å².